The molecule has 2 rings (SSSR count). The number of nitrogens with one attached hydrogen (secondary N) is 2. The maximum Gasteiger partial charge on any atom is 0.220 e. The van der Waals surface area contributed by atoms with Gasteiger partial charge >= 0.3 is 0 Å². The quantitative estimate of drug-likeness (QED) is 0.655. The number of amides is 2. The van der Waals surface area contributed by atoms with Gasteiger partial charge in [-0.1, -0.05) is 59.6 Å². The number of carbonyl (C=O) groups is 2. The average Bonchev–Trinajstić information content (AvgIpc) is 2.65. The summed E-state index contributed by atoms with van der Waals surface area (Å²) >= 11 is 12.2. The van der Waals surface area contributed by atoms with Gasteiger partial charge in [0.15, 0.2) is 0 Å². The second kappa shape index (κ2) is 11.0. The first-order valence-electron chi connectivity index (χ1n) is 8.98. The van der Waals surface area contributed by atoms with Crippen LogP contribution in [0.4, 0.5) is 0 Å². The molecule has 0 heterocycles. The zero-order valence-corrected chi connectivity index (χ0v) is 16.8. The fourth-order valence-electron chi connectivity index (χ4n) is 2.65. The van der Waals surface area contributed by atoms with Gasteiger partial charge in [-0.2, -0.15) is 0 Å². The topological polar surface area (TPSA) is 58.2 Å². The summed E-state index contributed by atoms with van der Waals surface area (Å²) in [5.74, 6) is -0.125. The van der Waals surface area contributed by atoms with E-state index in [0.29, 0.717) is 42.3 Å². The molecule has 0 saturated heterocycles. The Hall–Kier alpha value is -2.04. The van der Waals surface area contributed by atoms with Gasteiger partial charge in [0.2, 0.25) is 11.8 Å². The van der Waals surface area contributed by atoms with E-state index in [4.69, 9.17) is 23.2 Å². The predicted molar refractivity (Wildman–Crippen MR) is 110 cm³/mol. The van der Waals surface area contributed by atoms with E-state index in [-0.39, 0.29) is 17.9 Å². The number of hydrogen-bond acceptors (Lipinski definition) is 2. The summed E-state index contributed by atoms with van der Waals surface area (Å²) in [6.07, 6.45) is 1.89. The first kappa shape index (κ1) is 21.3. The normalized spacial score (nSPS) is 11.7. The smallest absolute Gasteiger partial charge is 0.220 e. The van der Waals surface area contributed by atoms with E-state index in [1.54, 1.807) is 0 Å². The fraction of sp³-hybridized carbons (Fsp3) is 0.333. The number of rotatable bonds is 9. The molecule has 0 bridgehead atoms. The highest BCUT2D eigenvalue weighted by molar-refractivity contribution is 6.31. The molecular formula is C21H24Cl2N2O2. The zero-order valence-electron chi connectivity index (χ0n) is 15.3. The van der Waals surface area contributed by atoms with Crippen LogP contribution >= 0.6 is 23.2 Å². The number of hydrogen-bond donors (Lipinski definition) is 2. The van der Waals surface area contributed by atoms with Gasteiger partial charge in [0, 0.05) is 35.5 Å². The Morgan fingerprint density at radius 3 is 1.85 bits per heavy atom. The number of benzene rings is 2. The molecule has 0 aliphatic carbocycles. The monoisotopic (exact) mass is 406 g/mol. The Labute approximate surface area is 170 Å². The molecule has 1 unspecified atom stereocenters. The van der Waals surface area contributed by atoms with Crippen LogP contribution in [-0.2, 0) is 22.4 Å². The van der Waals surface area contributed by atoms with E-state index >= 15 is 0 Å². The van der Waals surface area contributed by atoms with Crippen LogP contribution in [0.1, 0.15) is 30.9 Å². The van der Waals surface area contributed by atoms with Crippen molar-refractivity contribution in [3.05, 3.63) is 69.7 Å². The van der Waals surface area contributed by atoms with Gasteiger partial charge in [-0.25, -0.2) is 0 Å². The lowest BCUT2D eigenvalue weighted by atomic mass is 10.1. The van der Waals surface area contributed by atoms with E-state index in [1.807, 2.05) is 55.5 Å². The van der Waals surface area contributed by atoms with Crippen molar-refractivity contribution in [3.8, 4) is 0 Å². The Kier molecular flexibility index (Phi) is 8.62. The maximum absolute atomic E-state index is 12.0. The molecule has 144 valence electrons. The third-order valence-electron chi connectivity index (χ3n) is 4.17. The lowest BCUT2D eigenvalue weighted by Crippen LogP contribution is -2.41. The standard InChI is InChI=1S/C21H24Cl2N2O2/c1-15(25-21(27)13-11-17-7-3-5-9-19(17)23)14-24-20(26)12-10-16-6-2-4-8-18(16)22/h2-9,15H,10-14H2,1H3,(H,24,26)(H,25,27). The van der Waals surface area contributed by atoms with E-state index in [1.165, 1.54) is 0 Å². The summed E-state index contributed by atoms with van der Waals surface area (Å²) in [6, 6.07) is 14.8. The van der Waals surface area contributed by atoms with Gasteiger partial charge in [0.25, 0.3) is 0 Å². The molecule has 0 spiro atoms. The molecule has 0 saturated carbocycles. The Balaban J connectivity index is 1.65. The van der Waals surface area contributed by atoms with Gasteiger partial charge in [-0.05, 0) is 43.0 Å². The Bertz CT molecular complexity index is 780. The maximum atomic E-state index is 12.0. The fourth-order valence-corrected chi connectivity index (χ4v) is 3.11. The lowest BCUT2D eigenvalue weighted by molar-refractivity contribution is -0.123. The molecule has 0 aliphatic heterocycles. The number of aryl methyl sites for hydroxylation is 2. The highest BCUT2D eigenvalue weighted by Crippen LogP contribution is 2.17. The lowest BCUT2D eigenvalue weighted by Gasteiger charge is -2.15. The third-order valence-corrected chi connectivity index (χ3v) is 4.91. The minimum absolute atomic E-state index is 0.0623. The molecule has 0 radical (unpaired) electrons. The van der Waals surface area contributed by atoms with Crippen molar-refractivity contribution in [2.24, 2.45) is 0 Å². The molecule has 1 atom stereocenters. The molecule has 2 amide bonds. The molecule has 0 aromatic heterocycles. The molecular weight excluding hydrogens is 383 g/mol. The predicted octanol–water partition coefficient (Wildman–Crippen LogP) is 4.18. The second-order valence-corrected chi connectivity index (χ2v) is 7.27. The summed E-state index contributed by atoms with van der Waals surface area (Å²) < 4.78 is 0. The van der Waals surface area contributed by atoms with Gasteiger partial charge in [-0.15, -0.1) is 0 Å². The largest absolute Gasteiger partial charge is 0.354 e. The molecule has 2 N–H and O–H groups in total. The van der Waals surface area contributed by atoms with Crippen LogP contribution in [0.3, 0.4) is 0 Å². The average molecular weight is 407 g/mol. The van der Waals surface area contributed by atoms with Crippen LogP contribution in [0.2, 0.25) is 10.0 Å². The Morgan fingerprint density at radius 1 is 0.852 bits per heavy atom. The summed E-state index contributed by atoms with van der Waals surface area (Å²) in [5, 5.41) is 7.07. The minimum Gasteiger partial charge on any atom is -0.354 e. The van der Waals surface area contributed by atoms with E-state index in [9.17, 15) is 9.59 Å². The van der Waals surface area contributed by atoms with Crippen LogP contribution in [0, 0.1) is 0 Å². The van der Waals surface area contributed by atoms with Crippen LogP contribution in [0.5, 0.6) is 0 Å². The van der Waals surface area contributed by atoms with Crippen molar-refractivity contribution in [1.29, 1.82) is 0 Å². The highest BCUT2D eigenvalue weighted by Gasteiger charge is 2.10. The molecule has 2 aromatic rings. The first-order valence-corrected chi connectivity index (χ1v) is 9.74. The van der Waals surface area contributed by atoms with Crippen molar-refractivity contribution in [3.63, 3.8) is 0 Å². The van der Waals surface area contributed by atoms with Gasteiger partial charge < -0.3 is 10.6 Å². The van der Waals surface area contributed by atoms with Gasteiger partial charge in [0.1, 0.15) is 0 Å². The zero-order chi connectivity index (χ0) is 19.6. The summed E-state index contributed by atoms with van der Waals surface area (Å²) in [5.41, 5.74) is 1.91. The van der Waals surface area contributed by atoms with Gasteiger partial charge in [0.05, 0.1) is 0 Å². The molecule has 4 nitrogen and oxygen atoms in total. The molecule has 2 aromatic carbocycles. The summed E-state index contributed by atoms with van der Waals surface area (Å²) in [6.45, 7) is 2.25. The summed E-state index contributed by atoms with van der Waals surface area (Å²) in [4.78, 5) is 24.0. The third kappa shape index (κ3) is 7.61. The van der Waals surface area contributed by atoms with Crippen molar-refractivity contribution >= 4 is 35.0 Å². The van der Waals surface area contributed by atoms with Crippen LogP contribution < -0.4 is 10.6 Å². The van der Waals surface area contributed by atoms with E-state index < -0.39 is 0 Å². The SMILES string of the molecule is CC(CNC(=O)CCc1ccccc1Cl)NC(=O)CCc1ccccc1Cl. The minimum atomic E-state index is -0.145. The molecule has 27 heavy (non-hydrogen) atoms. The van der Waals surface area contributed by atoms with Crippen LogP contribution in [0.25, 0.3) is 0 Å². The van der Waals surface area contributed by atoms with E-state index in [2.05, 4.69) is 10.6 Å². The van der Waals surface area contributed by atoms with Crippen LogP contribution in [0.15, 0.2) is 48.5 Å². The van der Waals surface area contributed by atoms with E-state index in [0.717, 1.165) is 11.1 Å². The van der Waals surface area contributed by atoms with Crippen molar-refractivity contribution in [2.45, 2.75) is 38.6 Å². The number of halogens is 2. The highest BCUT2D eigenvalue weighted by atomic mass is 35.5. The van der Waals surface area contributed by atoms with Gasteiger partial charge in [-0.3, -0.25) is 9.59 Å². The van der Waals surface area contributed by atoms with Crippen LogP contribution in [-0.4, -0.2) is 24.4 Å². The molecule has 0 aliphatic rings. The molecule has 6 heteroatoms. The second-order valence-electron chi connectivity index (χ2n) is 6.46. The first-order chi connectivity index (χ1) is 13.0. The van der Waals surface area contributed by atoms with Crippen molar-refractivity contribution < 1.29 is 9.59 Å². The summed E-state index contributed by atoms with van der Waals surface area (Å²) in [7, 11) is 0. The Morgan fingerprint density at radius 2 is 1.33 bits per heavy atom. The van der Waals surface area contributed by atoms with Crippen molar-refractivity contribution in [1.82, 2.24) is 10.6 Å². The molecule has 0 fully saturated rings. The van der Waals surface area contributed by atoms with Crippen molar-refractivity contribution in [2.75, 3.05) is 6.54 Å². The number of carbonyl (C=O) groups excluding carboxylic acids is 2.